The molecule has 0 bridgehead atoms. The van der Waals surface area contributed by atoms with Crippen LogP contribution in [0.4, 0.5) is 5.69 Å². The lowest BCUT2D eigenvalue weighted by Gasteiger charge is -2.33. The summed E-state index contributed by atoms with van der Waals surface area (Å²) in [5.41, 5.74) is 1.15. The largest absolute Gasteiger partial charge is 0.454 e. The number of primary sulfonamides is 1. The molecule has 9 heteroatoms. The first-order valence-electron chi connectivity index (χ1n) is 10.4. The average Bonchev–Trinajstić information content (AvgIpc) is 2.74. The van der Waals surface area contributed by atoms with E-state index in [4.69, 9.17) is 26.8 Å². The molecule has 3 N–H and O–H groups in total. The number of sulfonamides is 1. The van der Waals surface area contributed by atoms with Crippen LogP contribution in [0.1, 0.15) is 32.3 Å². The zero-order valence-electron chi connectivity index (χ0n) is 17.8. The number of nitrogens with one attached hydrogen (secondary N) is 1. The molecule has 0 aliphatic carbocycles. The van der Waals surface area contributed by atoms with Gasteiger partial charge in [-0.2, -0.15) is 0 Å². The summed E-state index contributed by atoms with van der Waals surface area (Å²) in [5, 5.41) is 8.90. The SMILES string of the molecule is CCCCNc1cc(C(=S)N2CCO[C@@H](C)C2)cc(S(N)(=O)=O)c1Oc1ccccc1. The third kappa shape index (κ3) is 6.16. The number of anilines is 1. The summed E-state index contributed by atoms with van der Waals surface area (Å²) in [5.74, 6) is 0.690. The van der Waals surface area contributed by atoms with E-state index in [1.807, 2.05) is 36.1 Å². The van der Waals surface area contributed by atoms with Crippen molar-refractivity contribution < 1.29 is 17.9 Å². The fraction of sp³-hybridized carbons (Fsp3) is 0.409. The van der Waals surface area contributed by atoms with E-state index >= 15 is 0 Å². The first-order valence-corrected chi connectivity index (χ1v) is 12.3. The summed E-state index contributed by atoms with van der Waals surface area (Å²) in [6, 6.07) is 12.4. The van der Waals surface area contributed by atoms with Crippen LogP contribution in [0.5, 0.6) is 11.5 Å². The minimum atomic E-state index is -4.07. The molecule has 1 saturated heterocycles. The van der Waals surface area contributed by atoms with Gasteiger partial charge in [-0.05, 0) is 37.6 Å². The molecule has 0 spiro atoms. The molecule has 1 heterocycles. The standard InChI is InChI=1S/C22H29N3O4S2/c1-3-4-10-24-19-13-17(22(30)25-11-12-28-16(2)15-25)14-20(31(23,26)27)21(19)29-18-8-6-5-7-9-18/h5-9,13-14,16,24H,3-4,10-12,15H2,1-2H3,(H2,23,26,27)/t16-/m0/s1. The maximum atomic E-state index is 12.5. The number of para-hydroxylation sites is 1. The van der Waals surface area contributed by atoms with E-state index in [0.29, 0.717) is 48.2 Å². The van der Waals surface area contributed by atoms with E-state index in [1.165, 1.54) is 6.07 Å². The first kappa shape index (κ1) is 23.5. The molecular formula is C22H29N3O4S2. The number of rotatable bonds is 8. The van der Waals surface area contributed by atoms with E-state index in [9.17, 15) is 8.42 Å². The lowest BCUT2D eigenvalue weighted by atomic mass is 10.1. The molecule has 3 rings (SSSR count). The van der Waals surface area contributed by atoms with Crippen LogP contribution in [0.25, 0.3) is 0 Å². The highest BCUT2D eigenvalue weighted by Gasteiger charge is 2.26. The lowest BCUT2D eigenvalue weighted by Crippen LogP contribution is -2.44. The third-order valence-electron chi connectivity index (χ3n) is 4.95. The second-order valence-corrected chi connectivity index (χ2v) is 9.44. The molecule has 31 heavy (non-hydrogen) atoms. The van der Waals surface area contributed by atoms with Crippen molar-refractivity contribution in [1.82, 2.24) is 4.90 Å². The fourth-order valence-electron chi connectivity index (χ4n) is 3.37. The van der Waals surface area contributed by atoms with Crippen molar-refractivity contribution in [2.24, 2.45) is 5.14 Å². The van der Waals surface area contributed by atoms with Gasteiger partial charge in [0, 0.05) is 25.2 Å². The van der Waals surface area contributed by atoms with Crippen LogP contribution in [-0.4, -0.2) is 50.7 Å². The Morgan fingerprint density at radius 1 is 1.32 bits per heavy atom. The van der Waals surface area contributed by atoms with Crippen molar-refractivity contribution in [2.45, 2.75) is 37.7 Å². The summed E-state index contributed by atoms with van der Waals surface area (Å²) >= 11 is 5.71. The predicted octanol–water partition coefficient (Wildman–Crippen LogP) is 3.73. The van der Waals surface area contributed by atoms with Crippen molar-refractivity contribution in [3.63, 3.8) is 0 Å². The maximum Gasteiger partial charge on any atom is 0.241 e. The molecule has 168 valence electrons. The second-order valence-electron chi connectivity index (χ2n) is 7.52. The zero-order chi connectivity index (χ0) is 22.4. The van der Waals surface area contributed by atoms with Gasteiger partial charge in [-0.25, -0.2) is 13.6 Å². The van der Waals surface area contributed by atoms with Crippen LogP contribution in [0.3, 0.4) is 0 Å². The summed E-state index contributed by atoms with van der Waals surface area (Å²) in [6.07, 6.45) is 1.96. The highest BCUT2D eigenvalue weighted by Crippen LogP contribution is 2.37. The van der Waals surface area contributed by atoms with E-state index in [2.05, 4.69) is 12.2 Å². The monoisotopic (exact) mass is 463 g/mol. The normalized spacial score (nSPS) is 16.7. The molecule has 0 unspecified atom stereocenters. The first-order chi connectivity index (χ1) is 14.8. The van der Waals surface area contributed by atoms with Gasteiger partial charge in [0.25, 0.3) is 0 Å². The Bertz CT molecular complexity index is 1010. The third-order valence-corrected chi connectivity index (χ3v) is 6.36. The summed E-state index contributed by atoms with van der Waals surface area (Å²) in [7, 11) is -4.07. The minimum Gasteiger partial charge on any atom is -0.454 e. The van der Waals surface area contributed by atoms with Crippen LogP contribution in [0, 0.1) is 0 Å². The molecule has 7 nitrogen and oxygen atoms in total. The second kappa shape index (κ2) is 10.4. The van der Waals surface area contributed by atoms with Crippen molar-refractivity contribution in [2.75, 3.05) is 31.6 Å². The molecule has 0 amide bonds. The molecule has 0 aromatic heterocycles. The van der Waals surface area contributed by atoms with Gasteiger partial charge in [0.1, 0.15) is 15.6 Å². The van der Waals surface area contributed by atoms with E-state index < -0.39 is 10.0 Å². The number of morpholine rings is 1. The smallest absolute Gasteiger partial charge is 0.241 e. The highest BCUT2D eigenvalue weighted by molar-refractivity contribution is 7.89. The predicted molar refractivity (Wildman–Crippen MR) is 126 cm³/mol. The van der Waals surface area contributed by atoms with Gasteiger partial charge in [0.15, 0.2) is 5.75 Å². The Kier molecular flexibility index (Phi) is 7.88. The molecule has 1 atom stereocenters. The van der Waals surface area contributed by atoms with Crippen LogP contribution in [0.15, 0.2) is 47.4 Å². The number of thiocarbonyl (C=S) groups is 1. The molecule has 0 radical (unpaired) electrons. The van der Waals surface area contributed by atoms with Crippen molar-refractivity contribution in [3.8, 4) is 11.5 Å². The number of nitrogens with zero attached hydrogens (tertiary/aromatic N) is 1. The van der Waals surface area contributed by atoms with Crippen LogP contribution < -0.4 is 15.2 Å². The molecule has 0 saturated carbocycles. The number of hydrogen-bond acceptors (Lipinski definition) is 6. The summed E-state index contributed by atoms with van der Waals surface area (Å²) in [6.45, 7) is 6.60. The van der Waals surface area contributed by atoms with Crippen molar-refractivity contribution in [3.05, 3.63) is 48.0 Å². The Labute approximate surface area is 189 Å². The fourth-order valence-corrected chi connectivity index (χ4v) is 4.35. The summed E-state index contributed by atoms with van der Waals surface area (Å²) in [4.78, 5) is 2.49. The highest BCUT2D eigenvalue weighted by atomic mass is 32.2. The number of benzene rings is 2. The van der Waals surface area contributed by atoms with Gasteiger partial charge in [-0.1, -0.05) is 43.8 Å². The number of ether oxygens (including phenoxy) is 2. The van der Waals surface area contributed by atoms with E-state index in [0.717, 1.165) is 12.8 Å². The van der Waals surface area contributed by atoms with Gasteiger partial charge >= 0.3 is 0 Å². The molecule has 1 aliphatic heterocycles. The Morgan fingerprint density at radius 3 is 2.71 bits per heavy atom. The van der Waals surface area contributed by atoms with Gasteiger partial charge in [-0.15, -0.1) is 0 Å². The quantitative estimate of drug-likeness (QED) is 0.455. The van der Waals surface area contributed by atoms with E-state index in [-0.39, 0.29) is 16.7 Å². The van der Waals surface area contributed by atoms with Crippen LogP contribution in [0.2, 0.25) is 0 Å². The van der Waals surface area contributed by atoms with Gasteiger partial charge in [0.2, 0.25) is 10.0 Å². The van der Waals surface area contributed by atoms with Crippen LogP contribution >= 0.6 is 12.2 Å². The van der Waals surface area contributed by atoms with Crippen molar-refractivity contribution >= 4 is 32.9 Å². The Balaban J connectivity index is 2.06. The zero-order valence-corrected chi connectivity index (χ0v) is 19.5. The Hall–Kier alpha value is -2.20. The number of nitrogens with two attached hydrogens (primary N) is 1. The van der Waals surface area contributed by atoms with Crippen LogP contribution in [-0.2, 0) is 14.8 Å². The summed E-state index contributed by atoms with van der Waals surface area (Å²) < 4.78 is 36.6. The van der Waals surface area contributed by atoms with Crippen molar-refractivity contribution in [1.29, 1.82) is 0 Å². The number of unbranched alkanes of at least 4 members (excludes halogenated alkanes) is 1. The lowest BCUT2D eigenvalue weighted by molar-refractivity contribution is 0.00675. The van der Waals surface area contributed by atoms with Gasteiger partial charge in [0.05, 0.1) is 18.4 Å². The molecule has 1 fully saturated rings. The van der Waals surface area contributed by atoms with Gasteiger partial charge in [-0.3, -0.25) is 0 Å². The number of hydrogen-bond donors (Lipinski definition) is 2. The molecule has 2 aromatic carbocycles. The topological polar surface area (TPSA) is 93.9 Å². The van der Waals surface area contributed by atoms with E-state index in [1.54, 1.807) is 12.1 Å². The molecule has 2 aromatic rings. The maximum absolute atomic E-state index is 12.5. The average molecular weight is 464 g/mol. The minimum absolute atomic E-state index is 0.0484. The Morgan fingerprint density at radius 2 is 2.06 bits per heavy atom. The molecule has 1 aliphatic rings. The van der Waals surface area contributed by atoms with Gasteiger partial charge < -0.3 is 19.7 Å². The molecular weight excluding hydrogens is 434 g/mol.